The summed E-state index contributed by atoms with van der Waals surface area (Å²) in [7, 11) is 1.57. The van der Waals surface area contributed by atoms with Crippen LogP contribution in [0.25, 0.3) is 16.9 Å². The summed E-state index contributed by atoms with van der Waals surface area (Å²) in [6, 6.07) is 13.5. The molecule has 0 aliphatic heterocycles. The first-order valence-electron chi connectivity index (χ1n) is 9.12. The van der Waals surface area contributed by atoms with Gasteiger partial charge in [0.1, 0.15) is 18.7 Å². The summed E-state index contributed by atoms with van der Waals surface area (Å²) in [5, 5.41) is 7.75. The number of rotatable bonds is 5. The zero-order chi connectivity index (χ0) is 20.4. The van der Waals surface area contributed by atoms with Crippen molar-refractivity contribution < 1.29 is 4.74 Å². The average molecular weight is 388 g/mol. The second kappa shape index (κ2) is 7.67. The number of nitrogens with zero attached hydrogens (tertiary/aromatic N) is 6. The Bertz CT molecular complexity index is 1210. The van der Waals surface area contributed by atoms with E-state index in [2.05, 4.69) is 20.4 Å². The minimum absolute atomic E-state index is 0.303. The maximum absolute atomic E-state index is 12.3. The first-order chi connectivity index (χ1) is 14.0. The first-order valence-corrected chi connectivity index (χ1v) is 9.12. The lowest BCUT2D eigenvalue weighted by Gasteiger charge is -2.14. The van der Waals surface area contributed by atoms with Gasteiger partial charge in [0, 0.05) is 24.4 Å². The highest BCUT2D eigenvalue weighted by atomic mass is 16.5. The molecule has 0 saturated heterocycles. The van der Waals surface area contributed by atoms with Crippen molar-refractivity contribution in [3.05, 3.63) is 82.2 Å². The van der Waals surface area contributed by atoms with Crippen molar-refractivity contribution in [1.82, 2.24) is 29.8 Å². The van der Waals surface area contributed by atoms with E-state index >= 15 is 0 Å². The number of aromatic nitrogens is 6. The molecule has 8 nitrogen and oxygen atoms in total. The van der Waals surface area contributed by atoms with Crippen LogP contribution in [0.15, 0.2) is 59.8 Å². The fraction of sp³-hybridized carbons (Fsp3) is 0.190. The highest BCUT2D eigenvalue weighted by Gasteiger charge is 2.14. The summed E-state index contributed by atoms with van der Waals surface area (Å²) in [5.41, 5.74) is 5.11. The van der Waals surface area contributed by atoms with Crippen LogP contribution in [0.1, 0.15) is 16.7 Å². The van der Waals surface area contributed by atoms with Crippen LogP contribution in [0.2, 0.25) is 0 Å². The van der Waals surface area contributed by atoms with E-state index in [4.69, 9.17) is 4.74 Å². The van der Waals surface area contributed by atoms with Crippen molar-refractivity contribution in [2.45, 2.75) is 20.5 Å². The van der Waals surface area contributed by atoms with Gasteiger partial charge in [0.05, 0.1) is 11.4 Å². The van der Waals surface area contributed by atoms with Crippen molar-refractivity contribution in [2.24, 2.45) is 7.05 Å². The van der Waals surface area contributed by atoms with Crippen molar-refractivity contribution in [3.8, 4) is 22.7 Å². The molecule has 4 rings (SSSR count). The molecule has 0 radical (unpaired) electrons. The fourth-order valence-corrected chi connectivity index (χ4v) is 3.12. The standard InChI is InChI=1S/C21H20N6O2/c1-14-5-4-6-19(27-21(28)26(3)24-25-27)17(14)12-29-20-8-7-16(11-15(20)2)18-9-10-22-13-23-18/h4-11,13H,12H2,1-3H3. The van der Waals surface area contributed by atoms with Crippen LogP contribution in [-0.2, 0) is 13.7 Å². The topological polar surface area (TPSA) is 87.7 Å². The van der Waals surface area contributed by atoms with Gasteiger partial charge in [-0.15, -0.1) is 0 Å². The molecule has 0 atom stereocenters. The molecule has 0 aliphatic rings. The molecule has 0 spiro atoms. The van der Waals surface area contributed by atoms with Gasteiger partial charge in [-0.25, -0.2) is 14.8 Å². The fourth-order valence-electron chi connectivity index (χ4n) is 3.12. The maximum atomic E-state index is 12.3. The largest absolute Gasteiger partial charge is 0.489 e. The molecular formula is C21H20N6O2. The predicted octanol–water partition coefficient (Wildman–Crippen LogP) is 2.62. The summed E-state index contributed by atoms with van der Waals surface area (Å²) < 4.78 is 8.59. The van der Waals surface area contributed by atoms with E-state index < -0.39 is 0 Å². The van der Waals surface area contributed by atoms with E-state index in [1.54, 1.807) is 13.2 Å². The lowest BCUT2D eigenvalue weighted by Crippen LogP contribution is -2.23. The van der Waals surface area contributed by atoms with Crippen LogP contribution in [0.4, 0.5) is 0 Å². The monoisotopic (exact) mass is 388 g/mol. The Morgan fingerprint density at radius 1 is 1.03 bits per heavy atom. The number of ether oxygens (including phenoxy) is 1. The van der Waals surface area contributed by atoms with E-state index in [9.17, 15) is 4.79 Å². The highest BCUT2D eigenvalue weighted by molar-refractivity contribution is 5.61. The Balaban J connectivity index is 1.62. The third kappa shape index (κ3) is 3.64. The van der Waals surface area contributed by atoms with Crippen LogP contribution in [-0.4, -0.2) is 29.8 Å². The summed E-state index contributed by atoms with van der Waals surface area (Å²) in [4.78, 5) is 20.5. The third-order valence-corrected chi connectivity index (χ3v) is 4.76. The summed E-state index contributed by atoms with van der Waals surface area (Å²) in [6.07, 6.45) is 3.25. The molecule has 0 saturated carbocycles. The van der Waals surface area contributed by atoms with Crippen LogP contribution in [0, 0.1) is 13.8 Å². The van der Waals surface area contributed by atoms with E-state index in [1.807, 2.05) is 56.3 Å². The SMILES string of the molecule is Cc1cc(-c2ccncn2)ccc1OCc1c(C)cccc1-n1nnn(C)c1=O. The number of hydrogen-bond donors (Lipinski definition) is 0. The second-order valence-electron chi connectivity index (χ2n) is 6.73. The molecule has 29 heavy (non-hydrogen) atoms. The Labute approximate surface area is 167 Å². The minimum atomic E-state index is -0.303. The van der Waals surface area contributed by atoms with E-state index in [1.165, 1.54) is 15.7 Å². The third-order valence-electron chi connectivity index (χ3n) is 4.76. The lowest BCUT2D eigenvalue weighted by atomic mass is 10.1. The van der Waals surface area contributed by atoms with Crippen molar-refractivity contribution in [1.29, 1.82) is 0 Å². The molecule has 146 valence electrons. The van der Waals surface area contributed by atoms with Gasteiger partial charge in [-0.05, 0) is 65.7 Å². The van der Waals surface area contributed by atoms with E-state index in [-0.39, 0.29) is 5.69 Å². The summed E-state index contributed by atoms with van der Waals surface area (Å²) in [6.45, 7) is 4.28. The van der Waals surface area contributed by atoms with Gasteiger partial charge in [-0.3, -0.25) is 0 Å². The average Bonchev–Trinajstić information content (AvgIpc) is 3.07. The van der Waals surface area contributed by atoms with Crippen molar-refractivity contribution in [2.75, 3.05) is 0 Å². The van der Waals surface area contributed by atoms with Gasteiger partial charge in [-0.2, -0.15) is 9.36 Å². The van der Waals surface area contributed by atoms with Crippen LogP contribution in [0.3, 0.4) is 0 Å². The van der Waals surface area contributed by atoms with E-state index in [0.29, 0.717) is 12.3 Å². The molecule has 0 bridgehead atoms. The molecule has 0 fully saturated rings. The Morgan fingerprint density at radius 3 is 2.59 bits per heavy atom. The quantitative estimate of drug-likeness (QED) is 0.522. The Kier molecular flexibility index (Phi) is 4.90. The number of hydrogen-bond acceptors (Lipinski definition) is 6. The molecule has 8 heteroatoms. The Hall–Kier alpha value is -3.81. The molecular weight excluding hydrogens is 368 g/mol. The highest BCUT2D eigenvalue weighted by Crippen LogP contribution is 2.26. The van der Waals surface area contributed by atoms with Gasteiger partial charge in [0.25, 0.3) is 0 Å². The molecule has 0 N–H and O–H groups in total. The number of aryl methyl sites for hydroxylation is 3. The zero-order valence-corrected chi connectivity index (χ0v) is 16.4. The minimum Gasteiger partial charge on any atom is -0.489 e. The van der Waals surface area contributed by atoms with Gasteiger partial charge < -0.3 is 4.74 Å². The molecule has 2 aromatic carbocycles. The molecule has 2 aromatic heterocycles. The van der Waals surface area contributed by atoms with Gasteiger partial charge >= 0.3 is 5.69 Å². The van der Waals surface area contributed by atoms with E-state index in [0.717, 1.165) is 33.7 Å². The molecule has 0 aliphatic carbocycles. The Morgan fingerprint density at radius 2 is 1.90 bits per heavy atom. The van der Waals surface area contributed by atoms with Crippen LogP contribution >= 0.6 is 0 Å². The van der Waals surface area contributed by atoms with Crippen LogP contribution < -0.4 is 10.4 Å². The van der Waals surface area contributed by atoms with Crippen molar-refractivity contribution in [3.63, 3.8) is 0 Å². The second-order valence-corrected chi connectivity index (χ2v) is 6.73. The van der Waals surface area contributed by atoms with Gasteiger partial charge in [0.2, 0.25) is 0 Å². The predicted molar refractivity (Wildman–Crippen MR) is 108 cm³/mol. The first kappa shape index (κ1) is 18.5. The van der Waals surface area contributed by atoms with Gasteiger partial charge in [0.15, 0.2) is 0 Å². The van der Waals surface area contributed by atoms with Crippen LogP contribution in [0.5, 0.6) is 5.75 Å². The summed E-state index contributed by atoms with van der Waals surface area (Å²) >= 11 is 0. The smallest absolute Gasteiger partial charge is 0.368 e. The number of benzene rings is 2. The number of tetrazole rings is 1. The molecule has 0 unspecified atom stereocenters. The summed E-state index contributed by atoms with van der Waals surface area (Å²) in [5.74, 6) is 0.767. The zero-order valence-electron chi connectivity index (χ0n) is 16.4. The molecule has 0 amide bonds. The molecule has 4 aromatic rings. The van der Waals surface area contributed by atoms with Crippen molar-refractivity contribution >= 4 is 0 Å². The molecule has 2 heterocycles. The lowest BCUT2D eigenvalue weighted by molar-refractivity contribution is 0.302. The van der Waals surface area contributed by atoms with Gasteiger partial charge in [-0.1, -0.05) is 12.1 Å². The maximum Gasteiger partial charge on any atom is 0.368 e. The normalized spacial score (nSPS) is 10.9.